The third kappa shape index (κ3) is 2.34. The second-order valence-electron chi connectivity index (χ2n) is 7.31. The first kappa shape index (κ1) is 14.2. The van der Waals surface area contributed by atoms with Crippen LogP contribution in [0.4, 0.5) is 10.2 Å². The van der Waals surface area contributed by atoms with Crippen molar-refractivity contribution in [1.29, 1.82) is 0 Å². The van der Waals surface area contributed by atoms with Gasteiger partial charge in [-0.3, -0.25) is 4.79 Å². The van der Waals surface area contributed by atoms with E-state index >= 15 is 4.39 Å². The van der Waals surface area contributed by atoms with Crippen molar-refractivity contribution in [3.05, 3.63) is 24.2 Å². The molecule has 1 atom stereocenters. The van der Waals surface area contributed by atoms with E-state index in [1.165, 1.54) is 12.8 Å². The Bertz CT molecular complexity index is 812. The quantitative estimate of drug-likeness (QED) is 0.929. The summed E-state index contributed by atoms with van der Waals surface area (Å²) < 4.78 is 16.9. The van der Waals surface area contributed by atoms with Crippen molar-refractivity contribution in [3.8, 4) is 0 Å². The number of amides is 1. The van der Waals surface area contributed by atoms with Crippen LogP contribution < -0.4 is 10.2 Å². The lowest BCUT2D eigenvalue weighted by Gasteiger charge is -2.21. The highest BCUT2D eigenvalue weighted by Gasteiger charge is 2.47. The standard InChI is InChI=1S/C17H20FN5O/c18-17(16(24)20-12-3-4-12)5-7-22(10-17)15-14-9-13(11-1-2-11)21-23(14)8-6-19-15/h6,8-9,11-12H,1-5,7,10H2,(H,20,24). The summed E-state index contributed by atoms with van der Waals surface area (Å²) in [5.41, 5.74) is 0.156. The van der Waals surface area contributed by atoms with Gasteiger partial charge >= 0.3 is 0 Å². The van der Waals surface area contributed by atoms with E-state index in [2.05, 4.69) is 21.5 Å². The summed E-state index contributed by atoms with van der Waals surface area (Å²) in [6, 6.07) is 2.24. The van der Waals surface area contributed by atoms with Gasteiger partial charge in [-0.1, -0.05) is 0 Å². The molecule has 2 aromatic heterocycles. The molecule has 24 heavy (non-hydrogen) atoms. The molecule has 6 nitrogen and oxygen atoms in total. The van der Waals surface area contributed by atoms with Gasteiger partial charge in [-0.15, -0.1) is 0 Å². The lowest BCUT2D eigenvalue weighted by molar-refractivity contribution is -0.131. The number of alkyl halides is 1. The Balaban J connectivity index is 1.42. The molecule has 3 heterocycles. The Hall–Kier alpha value is -2.18. The lowest BCUT2D eigenvalue weighted by Crippen LogP contribution is -2.46. The average Bonchev–Trinajstić information content (AvgIpc) is 3.49. The molecule has 2 saturated carbocycles. The zero-order valence-electron chi connectivity index (χ0n) is 13.4. The van der Waals surface area contributed by atoms with Crippen LogP contribution >= 0.6 is 0 Å². The fraction of sp³-hybridized carbons (Fsp3) is 0.588. The molecule has 3 aliphatic rings. The van der Waals surface area contributed by atoms with E-state index in [9.17, 15) is 4.79 Å². The number of nitrogens with one attached hydrogen (secondary N) is 1. The average molecular weight is 329 g/mol. The van der Waals surface area contributed by atoms with Crippen LogP contribution in [-0.2, 0) is 4.79 Å². The first-order valence-electron chi connectivity index (χ1n) is 8.71. The van der Waals surface area contributed by atoms with E-state index in [-0.39, 0.29) is 19.0 Å². The van der Waals surface area contributed by atoms with Crippen LogP contribution in [0.1, 0.15) is 43.7 Å². The number of fused-ring (bicyclic) bond motifs is 1. The number of halogens is 1. The zero-order chi connectivity index (χ0) is 16.3. The third-order valence-corrected chi connectivity index (χ3v) is 5.22. The fourth-order valence-corrected chi connectivity index (χ4v) is 3.43. The van der Waals surface area contributed by atoms with Crippen molar-refractivity contribution in [3.63, 3.8) is 0 Å². The number of nitrogens with zero attached hydrogens (tertiary/aromatic N) is 4. The molecule has 0 radical (unpaired) electrons. The number of hydrogen-bond acceptors (Lipinski definition) is 4. The van der Waals surface area contributed by atoms with Gasteiger partial charge in [0, 0.05) is 37.3 Å². The Morgan fingerprint density at radius 3 is 2.92 bits per heavy atom. The molecule has 0 bridgehead atoms. The Kier molecular flexibility index (Phi) is 2.90. The molecule has 2 aromatic rings. The van der Waals surface area contributed by atoms with E-state index in [1.807, 2.05) is 15.6 Å². The van der Waals surface area contributed by atoms with Gasteiger partial charge in [-0.25, -0.2) is 13.9 Å². The highest BCUT2D eigenvalue weighted by atomic mass is 19.1. The maximum Gasteiger partial charge on any atom is 0.259 e. The van der Waals surface area contributed by atoms with Crippen LogP contribution in [0.5, 0.6) is 0 Å². The minimum Gasteiger partial charge on any atom is -0.351 e. The van der Waals surface area contributed by atoms with E-state index in [4.69, 9.17) is 0 Å². The summed E-state index contributed by atoms with van der Waals surface area (Å²) in [6.07, 6.45) is 8.02. The maximum atomic E-state index is 15.1. The summed E-state index contributed by atoms with van der Waals surface area (Å²) in [7, 11) is 0. The number of hydrogen-bond donors (Lipinski definition) is 1. The first-order chi connectivity index (χ1) is 11.6. The van der Waals surface area contributed by atoms with E-state index in [0.29, 0.717) is 12.5 Å². The normalized spacial score (nSPS) is 27.0. The predicted octanol–water partition coefficient (Wildman–Crippen LogP) is 1.80. The van der Waals surface area contributed by atoms with Crippen molar-refractivity contribution < 1.29 is 9.18 Å². The van der Waals surface area contributed by atoms with Gasteiger partial charge in [0.25, 0.3) is 5.91 Å². The first-order valence-corrected chi connectivity index (χ1v) is 8.71. The molecule has 0 aromatic carbocycles. The SMILES string of the molecule is O=C(NC1CC1)C1(F)CCN(c2nccn3nc(C4CC4)cc23)C1. The van der Waals surface area contributed by atoms with Gasteiger partial charge in [0.15, 0.2) is 5.82 Å². The molecule has 0 spiro atoms. The van der Waals surface area contributed by atoms with Gasteiger partial charge in [-0.05, 0) is 31.7 Å². The maximum absolute atomic E-state index is 15.1. The number of anilines is 1. The minimum atomic E-state index is -1.82. The summed E-state index contributed by atoms with van der Waals surface area (Å²) in [4.78, 5) is 18.5. The molecule has 1 amide bonds. The van der Waals surface area contributed by atoms with Gasteiger partial charge in [0.1, 0.15) is 5.52 Å². The lowest BCUT2D eigenvalue weighted by atomic mass is 10.0. The van der Waals surface area contributed by atoms with E-state index in [0.717, 1.165) is 29.9 Å². The van der Waals surface area contributed by atoms with Gasteiger partial charge in [-0.2, -0.15) is 5.10 Å². The van der Waals surface area contributed by atoms with Crippen LogP contribution in [0.15, 0.2) is 18.5 Å². The highest BCUT2D eigenvalue weighted by molar-refractivity contribution is 5.87. The van der Waals surface area contributed by atoms with Crippen LogP contribution in [0, 0.1) is 0 Å². The van der Waals surface area contributed by atoms with Crippen molar-refractivity contribution in [2.45, 2.75) is 49.7 Å². The summed E-state index contributed by atoms with van der Waals surface area (Å²) in [5, 5.41) is 7.40. The van der Waals surface area contributed by atoms with Crippen molar-refractivity contribution in [2.24, 2.45) is 0 Å². The molecular weight excluding hydrogens is 309 g/mol. The molecule has 3 fully saturated rings. The largest absolute Gasteiger partial charge is 0.351 e. The predicted molar refractivity (Wildman–Crippen MR) is 86.8 cm³/mol. The molecule has 5 rings (SSSR count). The van der Waals surface area contributed by atoms with Gasteiger partial charge < -0.3 is 10.2 Å². The third-order valence-electron chi connectivity index (χ3n) is 5.22. The van der Waals surface area contributed by atoms with Gasteiger partial charge in [0.2, 0.25) is 5.67 Å². The Morgan fingerprint density at radius 2 is 2.17 bits per heavy atom. The molecule has 126 valence electrons. The van der Waals surface area contributed by atoms with Crippen LogP contribution in [0.25, 0.3) is 5.52 Å². The number of carbonyl (C=O) groups is 1. The molecule has 1 aliphatic heterocycles. The molecule has 7 heteroatoms. The van der Waals surface area contributed by atoms with Gasteiger partial charge in [0.05, 0.1) is 12.2 Å². The van der Waals surface area contributed by atoms with Crippen molar-refractivity contribution in [1.82, 2.24) is 19.9 Å². The van der Waals surface area contributed by atoms with Crippen molar-refractivity contribution in [2.75, 3.05) is 18.0 Å². The zero-order valence-corrected chi connectivity index (χ0v) is 13.4. The molecule has 2 aliphatic carbocycles. The topological polar surface area (TPSA) is 62.5 Å². The van der Waals surface area contributed by atoms with Crippen LogP contribution in [-0.4, -0.2) is 45.3 Å². The molecular formula is C17H20FN5O. The second kappa shape index (κ2) is 4.91. The molecule has 1 saturated heterocycles. The van der Waals surface area contributed by atoms with E-state index in [1.54, 1.807) is 6.20 Å². The second-order valence-corrected chi connectivity index (χ2v) is 7.31. The van der Waals surface area contributed by atoms with E-state index < -0.39 is 11.6 Å². The Labute approximate surface area is 139 Å². The molecule has 1 unspecified atom stereocenters. The Morgan fingerprint density at radius 1 is 1.33 bits per heavy atom. The summed E-state index contributed by atoms with van der Waals surface area (Å²) >= 11 is 0. The highest BCUT2D eigenvalue weighted by Crippen LogP contribution is 2.40. The monoisotopic (exact) mass is 329 g/mol. The smallest absolute Gasteiger partial charge is 0.259 e. The number of rotatable bonds is 4. The fourth-order valence-electron chi connectivity index (χ4n) is 3.43. The summed E-state index contributed by atoms with van der Waals surface area (Å²) in [5.74, 6) is 0.809. The van der Waals surface area contributed by atoms with Crippen molar-refractivity contribution >= 4 is 17.2 Å². The van der Waals surface area contributed by atoms with Crippen LogP contribution in [0.2, 0.25) is 0 Å². The summed E-state index contributed by atoms with van der Waals surface area (Å²) in [6.45, 7) is 0.549. The minimum absolute atomic E-state index is 0.0577. The number of carbonyl (C=O) groups excluding carboxylic acids is 1. The number of aromatic nitrogens is 3. The van der Waals surface area contributed by atoms with Crippen LogP contribution in [0.3, 0.4) is 0 Å². The molecule has 1 N–H and O–H groups in total.